The number of esters is 1. The third-order valence-corrected chi connectivity index (χ3v) is 8.27. The molecule has 0 saturated heterocycles. The van der Waals surface area contributed by atoms with E-state index in [0.29, 0.717) is 38.7 Å². The fourth-order valence-corrected chi connectivity index (χ4v) is 6.27. The lowest BCUT2D eigenvalue weighted by molar-refractivity contribution is -0.136. The van der Waals surface area contributed by atoms with Crippen LogP contribution in [-0.4, -0.2) is 37.7 Å². The molecular formula is C30H32BrN3O6S. The fourth-order valence-electron chi connectivity index (χ4n) is 4.42. The molecule has 2 N–H and O–H groups in total. The fraction of sp³-hybridized carbons (Fsp3) is 0.333. The van der Waals surface area contributed by atoms with Gasteiger partial charge in [0.25, 0.3) is 0 Å². The maximum atomic E-state index is 12.7. The van der Waals surface area contributed by atoms with Crippen molar-refractivity contribution in [2.24, 2.45) is 5.10 Å². The summed E-state index contributed by atoms with van der Waals surface area (Å²) in [6, 6.07) is 11.5. The SMILES string of the molecule is CCOC(=O)c1c(NC(=O)C(=O)N/N=C/c2cc(Br)c(OCc3ccc(C)cc3)c(OC)c2)sc2c1CCCCC2. The van der Waals surface area contributed by atoms with Crippen LogP contribution in [0.1, 0.15) is 63.7 Å². The van der Waals surface area contributed by atoms with Crippen LogP contribution >= 0.6 is 27.3 Å². The van der Waals surface area contributed by atoms with E-state index in [2.05, 4.69) is 31.8 Å². The zero-order valence-electron chi connectivity index (χ0n) is 23.2. The first-order valence-electron chi connectivity index (χ1n) is 13.3. The number of carbonyl (C=O) groups excluding carboxylic acids is 3. The van der Waals surface area contributed by atoms with Crippen LogP contribution in [0.15, 0.2) is 46.0 Å². The van der Waals surface area contributed by atoms with Gasteiger partial charge in [-0.3, -0.25) is 9.59 Å². The predicted molar refractivity (Wildman–Crippen MR) is 162 cm³/mol. The molecular weight excluding hydrogens is 610 g/mol. The smallest absolute Gasteiger partial charge is 0.341 e. The highest BCUT2D eigenvalue weighted by atomic mass is 79.9. The number of ether oxygens (including phenoxy) is 3. The molecule has 0 atom stereocenters. The Hall–Kier alpha value is -3.70. The van der Waals surface area contributed by atoms with Crippen molar-refractivity contribution in [2.75, 3.05) is 19.0 Å². The standard InChI is InChI=1S/C30H32BrN3O6S/c1-4-39-30(37)25-21-8-6-5-7-9-24(21)41-29(25)33-27(35)28(36)34-32-16-20-14-22(31)26(23(15-20)38-3)40-17-19-12-10-18(2)11-13-19/h10-16H,4-9,17H2,1-3H3,(H,33,35)(H,34,36)/b32-16+. The number of halogens is 1. The number of anilines is 1. The summed E-state index contributed by atoms with van der Waals surface area (Å²) >= 11 is 4.83. The minimum atomic E-state index is -0.969. The first kappa shape index (κ1) is 30.3. The van der Waals surface area contributed by atoms with Gasteiger partial charge in [-0.05, 0) is 84.3 Å². The van der Waals surface area contributed by atoms with Crippen molar-refractivity contribution in [2.45, 2.75) is 52.6 Å². The molecule has 2 aromatic carbocycles. The zero-order chi connectivity index (χ0) is 29.4. The van der Waals surface area contributed by atoms with Crippen molar-refractivity contribution < 1.29 is 28.6 Å². The Bertz CT molecular complexity index is 1450. The van der Waals surface area contributed by atoms with Gasteiger partial charge in [-0.25, -0.2) is 10.2 Å². The van der Waals surface area contributed by atoms with Gasteiger partial charge in [0.2, 0.25) is 0 Å². The van der Waals surface area contributed by atoms with Gasteiger partial charge < -0.3 is 19.5 Å². The Kier molecular flexibility index (Phi) is 10.5. The van der Waals surface area contributed by atoms with Gasteiger partial charge in [-0.1, -0.05) is 36.2 Å². The lowest BCUT2D eigenvalue weighted by atomic mass is 10.1. The van der Waals surface area contributed by atoms with Crippen molar-refractivity contribution in [1.29, 1.82) is 0 Å². The van der Waals surface area contributed by atoms with E-state index in [0.717, 1.165) is 48.1 Å². The second kappa shape index (κ2) is 14.3. The van der Waals surface area contributed by atoms with Crippen LogP contribution in [0.5, 0.6) is 11.5 Å². The van der Waals surface area contributed by atoms with Crippen LogP contribution in [-0.2, 0) is 33.8 Å². The summed E-state index contributed by atoms with van der Waals surface area (Å²) in [5.41, 5.74) is 6.28. The molecule has 1 heterocycles. The summed E-state index contributed by atoms with van der Waals surface area (Å²) in [7, 11) is 1.53. The van der Waals surface area contributed by atoms with E-state index in [9.17, 15) is 14.4 Å². The summed E-state index contributed by atoms with van der Waals surface area (Å²) in [6.07, 6.45) is 6.00. The number of hydrogen-bond donors (Lipinski definition) is 2. The third kappa shape index (κ3) is 7.74. The van der Waals surface area contributed by atoms with E-state index in [1.165, 1.54) is 30.2 Å². The number of amides is 2. The van der Waals surface area contributed by atoms with Gasteiger partial charge in [0.05, 0.1) is 30.0 Å². The monoisotopic (exact) mass is 641 g/mol. The number of benzene rings is 2. The van der Waals surface area contributed by atoms with Gasteiger partial charge in [0.15, 0.2) is 11.5 Å². The molecule has 3 aromatic rings. The molecule has 0 bridgehead atoms. The van der Waals surface area contributed by atoms with Crippen LogP contribution in [0.25, 0.3) is 0 Å². The molecule has 4 rings (SSSR count). The predicted octanol–water partition coefficient (Wildman–Crippen LogP) is 5.94. The van der Waals surface area contributed by atoms with Crippen molar-refractivity contribution in [1.82, 2.24) is 5.43 Å². The highest BCUT2D eigenvalue weighted by molar-refractivity contribution is 9.10. The number of hydrazone groups is 1. The van der Waals surface area contributed by atoms with E-state index < -0.39 is 17.8 Å². The molecule has 1 aromatic heterocycles. The number of thiophene rings is 1. The van der Waals surface area contributed by atoms with Crippen molar-refractivity contribution in [3.8, 4) is 11.5 Å². The molecule has 0 unspecified atom stereocenters. The van der Waals surface area contributed by atoms with Crippen LogP contribution in [0.2, 0.25) is 0 Å². The molecule has 2 amide bonds. The quantitative estimate of drug-likeness (QED) is 0.0982. The van der Waals surface area contributed by atoms with E-state index >= 15 is 0 Å². The first-order valence-corrected chi connectivity index (χ1v) is 14.9. The van der Waals surface area contributed by atoms with Gasteiger partial charge in [0.1, 0.15) is 11.6 Å². The van der Waals surface area contributed by atoms with Crippen LogP contribution in [0, 0.1) is 6.92 Å². The minimum absolute atomic E-state index is 0.215. The average Bonchev–Trinajstić information content (AvgIpc) is 3.12. The number of nitrogens with zero attached hydrogens (tertiary/aromatic N) is 1. The second-order valence-electron chi connectivity index (χ2n) is 9.45. The lowest BCUT2D eigenvalue weighted by Crippen LogP contribution is -2.32. The number of nitrogens with one attached hydrogen (secondary N) is 2. The first-order chi connectivity index (χ1) is 19.8. The average molecular weight is 643 g/mol. The molecule has 1 aliphatic carbocycles. The molecule has 9 nitrogen and oxygen atoms in total. The molecule has 1 aliphatic rings. The van der Waals surface area contributed by atoms with Gasteiger partial charge in [0, 0.05) is 4.88 Å². The summed E-state index contributed by atoms with van der Waals surface area (Å²) in [4.78, 5) is 39.0. The Morgan fingerprint density at radius 2 is 1.83 bits per heavy atom. The van der Waals surface area contributed by atoms with E-state index in [4.69, 9.17) is 14.2 Å². The van der Waals surface area contributed by atoms with Crippen molar-refractivity contribution in [3.63, 3.8) is 0 Å². The normalized spacial score (nSPS) is 12.8. The Labute approximate surface area is 251 Å². The number of rotatable bonds is 9. The van der Waals surface area contributed by atoms with Gasteiger partial charge in [-0.2, -0.15) is 5.10 Å². The summed E-state index contributed by atoms with van der Waals surface area (Å²) in [5.74, 6) is -1.39. The van der Waals surface area contributed by atoms with Gasteiger partial charge >= 0.3 is 17.8 Å². The second-order valence-corrected chi connectivity index (χ2v) is 11.4. The van der Waals surface area contributed by atoms with Crippen LogP contribution < -0.4 is 20.2 Å². The molecule has 41 heavy (non-hydrogen) atoms. The number of fused-ring (bicyclic) bond motifs is 1. The van der Waals surface area contributed by atoms with Gasteiger partial charge in [-0.15, -0.1) is 11.3 Å². The Morgan fingerprint density at radius 1 is 1.07 bits per heavy atom. The molecule has 0 saturated carbocycles. The maximum Gasteiger partial charge on any atom is 0.341 e. The zero-order valence-corrected chi connectivity index (χ0v) is 25.6. The highest BCUT2D eigenvalue weighted by Gasteiger charge is 2.28. The molecule has 11 heteroatoms. The molecule has 0 fully saturated rings. The van der Waals surface area contributed by atoms with Crippen LogP contribution in [0.3, 0.4) is 0 Å². The van der Waals surface area contributed by atoms with E-state index in [1.807, 2.05) is 31.2 Å². The Morgan fingerprint density at radius 3 is 2.56 bits per heavy atom. The molecule has 216 valence electrons. The topological polar surface area (TPSA) is 115 Å². The Balaban J connectivity index is 1.41. The third-order valence-electron chi connectivity index (χ3n) is 6.47. The highest BCUT2D eigenvalue weighted by Crippen LogP contribution is 2.38. The minimum Gasteiger partial charge on any atom is -0.493 e. The maximum absolute atomic E-state index is 12.7. The molecule has 0 aliphatic heterocycles. The van der Waals surface area contributed by atoms with Crippen LogP contribution in [0.4, 0.5) is 5.00 Å². The number of aryl methyl sites for hydroxylation is 2. The largest absolute Gasteiger partial charge is 0.493 e. The number of methoxy groups -OCH3 is 1. The van der Waals surface area contributed by atoms with E-state index in [1.54, 1.807) is 19.1 Å². The molecule has 0 spiro atoms. The number of carbonyl (C=O) groups is 3. The van der Waals surface area contributed by atoms with Crippen molar-refractivity contribution >= 4 is 56.3 Å². The summed E-state index contributed by atoms with van der Waals surface area (Å²) in [5, 5.41) is 6.84. The lowest BCUT2D eigenvalue weighted by Gasteiger charge is -2.13. The summed E-state index contributed by atoms with van der Waals surface area (Å²) < 4.78 is 17.3. The van der Waals surface area contributed by atoms with Crippen molar-refractivity contribution in [3.05, 3.63) is 73.6 Å². The van der Waals surface area contributed by atoms with E-state index in [-0.39, 0.29) is 6.61 Å². The molecule has 0 radical (unpaired) electrons. The number of hydrogen-bond acceptors (Lipinski definition) is 8. The summed E-state index contributed by atoms with van der Waals surface area (Å²) in [6.45, 7) is 4.33.